The summed E-state index contributed by atoms with van der Waals surface area (Å²) in [5, 5.41) is 1.14. The van der Waals surface area contributed by atoms with Gasteiger partial charge in [0, 0.05) is 23.0 Å². The zero-order valence-electron chi connectivity index (χ0n) is 20.5. The maximum absolute atomic E-state index is 5.29. The number of pyridine rings is 2. The van der Waals surface area contributed by atoms with Gasteiger partial charge in [-0.3, -0.25) is 4.98 Å². The predicted octanol–water partition coefficient (Wildman–Crippen LogP) is 8.34. The van der Waals surface area contributed by atoms with Gasteiger partial charge in [-0.15, -0.1) is 0 Å². The molecule has 4 aromatic carbocycles. The molecule has 4 heteroatoms. The monoisotopic (exact) mass is 486 g/mol. The van der Waals surface area contributed by atoms with Gasteiger partial charge < -0.3 is 9.13 Å². The lowest BCUT2D eigenvalue weighted by atomic mass is 10.1. The molecule has 0 saturated carbocycles. The minimum absolute atomic E-state index is 0.910. The predicted molar refractivity (Wildman–Crippen MR) is 156 cm³/mol. The highest BCUT2D eigenvalue weighted by atomic mass is 15.0. The molecule has 0 bridgehead atoms. The number of fused-ring (bicyclic) bond motifs is 6. The molecule has 0 spiro atoms. The summed E-state index contributed by atoms with van der Waals surface area (Å²) >= 11 is 0. The van der Waals surface area contributed by atoms with Gasteiger partial charge in [-0.25, -0.2) is 4.98 Å². The van der Waals surface area contributed by atoms with Gasteiger partial charge in [0.15, 0.2) is 0 Å². The molecule has 0 aliphatic carbocycles. The Hall–Kier alpha value is -5.22. The molecule has 38 heavy (non-hydrogen) atoms. The van der Waals surface area contributed by atoms with E-state index in [4.69, 9.17) is 9.97 Å². The van der Waals surface area contributed by atoms with Crippen LogP contribution in [0.1, 0.15) is 0 Å². The fourth-order valence-electron chi connectivity index (χ4n) is 5.66. The Balaban J connectivity index is 1.45. The number of benzene rings is 4. The summed E-state index contributed by atoms with van der Waals surface area (Å²) in [5.41, 5.74) is 11.7. The minimum atomic E-state index is 0.910. The molecule has 4 heterocycles. The zero-order valence-corrected chi connectivity index (χ0v) is 20.5. The molecular weight excluding hydrogens is 464 g/mol. The van der Waals surface area contributed by atoms with E-state index in [1.54, 1.807) is 0 Å². The van der Waals surface area contributed by atoms with Crippen molar-refractivity contribution >= 4 is 44.0 Å². The molecule has 4 nitrogen and oxygen atoms in total. The Morgan fingerprint density at radius 1 is 0.421 bits per heavy atom. The Morgan fingerprint density at radius 2 is 1.03 bits per heavy atom. The van der Waals surface area contributed by atoms with Crippen molar-refractivity contribution in [1.82, 2.24) is 19.1 Å². The summed E-state index contributed by atoms with van der Waals surface area (Å²) in [4.78, 5) is 10.1. The van der Waals surface area contributed by atoms with E-state index in [1.165, 1.54) is 11.1 Å². The highest BCUT2D eigenvalue weighted by Gasteiger charge is 2.20. The second-order valence-corrected chi connectivity index (χ2v) is 9.53. The number of rotatable bonds is 3. The second kappa shape index (κ2) is 8.15. The Morgan fingerprint density at radius 3 is 1.84 bits per heavy atom. The molecule has 0 unspecified atom stereocenters. The molecule has 8 rings (SSSR count). The first-order valence-electron chi connectivity index (χ1n) is 12.8. The van der Waals surface area contributed by atoms with Crippen molar-refractivity contribution in [1.29, 1.82) is 0 Å². The molecule has 0 aliphatic rings. The first-order chi connectivity index (χ1) is 18.9. The number of hydrogen-bond donors (Lipinski definition) is 0. The smallest absolute Gasteiger partial charge is 0.116 e. The van der Waals surface area contributed by atoms with Crippen LogP contribution in [0.25, 0.3) is 66.5 Å². The Kier molecular flexibility index (Phi) is 4.49. The summed E-state index contributed by atoms with van der Waals surface area (Å²) in [6, 6.07) is 44.6. The number of nitrogens with zero attached hydrogens (tertiary/aromatic N) is 4. The highest BCUT2D eigenvalue weighted by Crippen LogP contribution is 2.37. The molecular formula is C34H22N4. The van der Waals surface area contributed by atoms with Gasteiger partial charge in [0.2, 0.25) is 0 Å². The number of para-hydroxylation sites is 2. The van der Waals surface area contributed by atoms with Crippen molar-refractivity contribution in [3.63, 3.8) is 0 Å². The third kappa shape index (κ3) is 3.04. The summed E-state index contributed by atoms with van der Waals surface area (Å²) in [6.07, 6.45) is 1.85. The van der Waals surface area contributed by atoms with Gasteiger partial charge in [0.1, 0.15) is 11.0 Å². The van der Waals surface area contributed by atoms with E-state index in [0.717, 1.165) is 55.4 Å². The van der Waals surface area contributed by atoms with E-state index in [1.807, 2.05) is 18.3 Å². The van der Waals surface area contributed by atoms with Crippen molar-refractivity contribution in [3.05, 3.63) is 134 Å². The Bertz CT molecular complexity index is 2100. The van der Waals surface area contributed by atoms with Crippen LogP contribution in [-0.2, 0) is 0 Å². The SMILES string of the molecule is c1ccc(-c2ccc(-n3c4cccnc4c4nc5c6ccccc6n(-c6ccccc6)c5cc43)cc2)cc1. The lowest BCUT2D eigenvalue weighted by Crippen LogP contribution is -1.96. The van der Waals surface area contributed by atoms with Gasteiger partial charge in [-0.1, -0.05) is 78.9 Å². The van der Waals surface area contributed by atoms with Crippen LogP contribution in [0.15, 0.2) is 134 Å². The molecule has 4 aromatic heterocycles. The van der Waals surface area contributed by atoms with Crippen molar-refractivity contribution in [2.75, 3.05) is 0 Å². The van der Waals surface area contributed by atoms with Gasteiger partial charge in [0.05, 0.1) is 27.6 Å². The van der Waals surface area contributed by atoms with Gasteiger partial charge in [-0.2, -0.15) is 0 Å². The third-order valence-corrected chi connectivity index (χ3v) is 7.36. The van der Waals surface area contributed by atoms with Gasteiger partial charge in [0.25, 0.3) is 0 Å². The topological polar surface area (TPSA) is 35.6 Å². The molecule has 0 atom stereocenters. The average molecular weight is 487 g/mol. The van der Waals surface area contributed by atoms with Crippen LogP contribution < -0.4 is 0 Å². The molecule has 0 amide bonds. The van der Waals surface area contributed by atoms with Crippen LogP contribution in [0.3, 0.4) is 0 Å². The van der Waals surface area contributed by atoms with Gasteiger partial charge >= 0.3 is 0 Å². The summed E-state index contributed by atoms with van der Waals surface area (Å²) in [7, 11) is 0. The second-order valence-electron chi connectivity index (χ2n) is 9.53. The minimum Gasteiger partial charge on any atom is -0.308 e. The molecule has 0 fully saturated rings. The summed E-state index contributed by atoms with van der Waals surface area (Å²) < 4.78 is 4.59. The Labute approximate surface area is 219 Å². The van der Waals surface area contributed by atoms with E-state index < -0.39 is 0 Å². The van der Waals surface area contributed by atoms with Crippen LogP contribution in [0.4, 0.5) is 0 Å². The van der Waals surface area contributed by atoms with Crippen LogP contribution in [0.2, 0.25) is 0 Å². The van der Waals surface area contributed by atoms with Crippen LogP contribution >= 0.6 is 0 Å². The van der Waals surface area contributed by atoms with E-state index in [9.17, 15) is 0 Å². The maximum atomic E-state index is 5.29. The lowest BCUT2D eigenvalue weighted by molar-refractivity contribution is 1.16. The van der Waals surface area contributed by atoms with E-state index in [0.29, 0.717) is 0 Å². The number of aromatic nitrogens is 4. The average Bonchev–Trinajstić information content (AvgIpc) is 3.49. The van der Waals surface area contributed by atoms with E-state index in [2.05, 4.69) is 124 Å². The summed E-state index contributed by atoms with van der Waals surface area (Å²) in [5.74, 6) is 0. The molecule has 0 aliphatic heterocycles. The standard InChI is InChI=1S/C34H22N4/c1-3-10-23(11-4-1)24-17-19-26(20-18-24)38-29-16-9-21-35-33(29)34-31(38)22-30-32(36-34)27-14-7-8-15-28(27)37(30)25-12-5-2-6-13-25/h1-22H. The van der Waals surface area contributed by atoms with Crippen molar-refractivity contribution in [2.45, 2.75) is 0 Å². The molecule has 0 radical (unpaired) electrons. The molecule has 0 N–H and O–H groups in total. The first kappa shape index (κ1) is 20.9. The van der Waals surface area contributed by atoms with Crippen molar-refractivity contribution in [2.24, 2.45) is 0 Å². The van der Waals surface area contributed by atoms with Crippen LogP contribution in [-0.4, -0.2) is 19.1 Å². The third-order valence-electron chi connectivity index (χ3n) is 7.36. The normalized spacial score (nSPS) is 11.7. The summed E-state index contributed by atoms with van der Waals surface area (Å²) in [6.45, 7) is 0. The molecule has 178 valence electrons. The first-order valence-corrected chi connectivity index (χ1v) is 12.8. The quantitative estimate of drug-likeness (QED) is 0.252. The van der Waals surface area contributed by atoms with Crippen LogP contribution in [0.5, 0.6) is 0 Å². The zero-order chi connectivity index (χ0) is 25.1. The molecule has 8 aromatic rings. The van der Waals surface area contributed by atoms with E-state index >= 15 is 0 Å². The fraction of sp³-hybridized carbons (Fsp3) is 0. The molecule has 0 saturated heterocycles. The highest BCUT2D eigenvalue weighted by molar-refractivity contribution is 6.14. The van der Waals surface area contributed by atoms with Crippen LogP contribution in [0, 0.1) is 0 Å². The van der Waals surface area contributed by atoms with Crippen molar-refractivity contribution in [3.8, 4) is 22.5 Å². The largest absolute Gasteiger partial charge is 0.308 e. The lowest BCUT2D eigenvalue weighted by Gasteiger charge is -2.10. The van der Waals surface area contributed by atoms with E-state index in [-0.39, 0.29) is 0 Å². The fourth-order valence-corrected chi connectivity index (χ4v) is 5.66. The number of hydrogen-bond acceptors (Lipinski definition) is 2. The van der Waals surface area contributed by atoms with Gasteiger partial charge in [-0.05, 0) is 59.7 Å². The van der Waals surface area contributed by atoms with Crippen molar-refractivity contribution < 1.29 is 0 Å². The maximum Gasteiger partial charge on any atom is 0.116 e.